The van der Waals surface area contributed by atoms with E-state index in [4.69, 9.17) is 38.4 Å². The zero-order valence-corrected chi connectivity index (χ0v) is 19.2. The molecule has 0 fully saturated rings. The number of carbonyl (C=O) groups is 1. The number of hydrogen-bond donors (Lipinski definition) is 1. The summed E-state index contributed by atoms with van der Waals surface area (Å²) in [5, 5.41) is 3.23. The van der Waals surface area contributed by atoms with Crippen molar-refractivity contribution >= 4 is 61.9 Å². The predicted molar refractivity (Wildman–Crippen MR) is 115 cm³/mol. The highest BCUT2D eigenvalue weighted by molar-refractivity contribution is 7.92. The van der Waals surface area contributed by atoms with Crippen LogP contribution in [0.3, 0.4) is 0 Å². The third-order valence-electron chi connectivity index (χ3n) is 3.61. The number of nitrogens with zero attached hydrogens (tertiary/aromatic N) is 4. The molecular weight excluding hydrogens is 477 g/mol. The van der Waals surface area contributed by atoms with Crippen molar-refractivity contribution in [2.75, 3.05) is 37.9 Å². The van der Waals surface area contributed by atoms with Crippen LogP contribution in [0.25, 0.3) is 11.0 Å². The lowest BCUT2D eigenvalue weighted by Crippen LogP contribution is -2.38. The molecule has 1 aromatic carbocycles. The molecule has 0 aliphatic heterocycles. The average Bonchev–Trinajstić information content (AvgIpc) is 2.70. The Morgan fingerprint density at radius 2 is 1.84 bits per heavy atom. The number of oxime groups is 1. The molecule has 0 unspecified atom stereocenters. The maximum atomic E-state index is 12.6. The summed E-state index contributed by atoms with van der Waals surface area (Å²) in [6, 6.07) is 1.39. The van der Waals surface area contributed by atoms with Crippen LogP contribution in [0.2, 0.25) is 10.0 Å². The molecule has 0 aliphatic rings. The Morgan fingerprint density at radius 3 is 2.39 bits per heavy atom. The molecule has 2 N–H and O–H groups in total. The molecule has 0 aliphatic carbocycles. The molecular formula is C16H19Cl2N5O7S. The van der Waals surface area contributed by atoms with Gasteiger partial charge in [-0.15, -0.1) is 0 Å². The molecule has 1 heterocycles. The Labute approximate surface area is 187 Å². The number of nitrogens with two attached hydrogens (primary N) is 1. The van der Waals surface area contributed by atoms with Gasteiger partial charge in [-0.3, -0.25) is 9.14 Å². The van der Waals surface area contributed by atoms with Gasteiger partial charge in [-0.05, 0) is 13.0 Å². The molecule has 0 saturated carbocycles. The van der Waals surface area contributed by atoms with Crippen LogP contribution in [0.1, 0.15) is 6.92 Å². The molecule has 2 aromatic rings. The van der Waals surface area contributed by atoms with E-state index in [-0.39, 0.29) is 51.0 Å². The van der Waals surface area contributed by atoms with E-state index < -0.39 is 22.7 Å². The Kier molecular flexibility index (Phi) is 7.92. The number of carbonyl (C=O) groups excluding carboxylic acids is 1. The number of fused-ring (bicyclic) bond motifs is 1. The van der Waals surface area contributed by atoms with E-state index >= 15 is 0 Å². The highest BCUT2D eigenvalue weighted by Gasteiger charge is 2.28. The lowest BCUT2D eigenvalue weighted by Gasteiger charge is -2.24. The van der Waals surface area contributed by atoms with Crippen LogP contribution in [0.4, 0.5) is 10.5 Å². The summed E-state index contributed by atoms with van der Waals surface area (Å²) in [6.45, 7) is 1.07. The lowest BCUT2D eigenvalue weighted by atomic mass is 10.2. The first-order valence-corrected chi connectivity index (χ1v) is 11.0. The number of methoxy groups -OCH3 is 2. The first-order valence-electron chi connectivity index (χ1n) is 8.45. The van der Waals surface area contributed by atoms with Gasteiger partial charge in [0.1, 0.15) is 11.2 Å². The molecule has 0 bridgehead atoms. The number of aromatic nitrogens is 2. The monoisotopic (exact) mass is 495 g/mol. The van der Waals surface area contributed by atoms with Crippen molar-refractivity contribution in [1.29, 1.82) is 0 Å². The van der Waals surface area contributed by atoms with Crippen molar-refractivity contribution in [3.05, 3.63) is 16.1 Å². The van der Waals surface area contributed by atoms with Crippen LogP contribution in [0.5, 0.6) is 11.8 Å². The van der Waals surface area contributed by atoms with Gasteiger partial charge in [0.2, 0.25) is 10.0 Å². The fraction of sp³-hybridized carbons (Fsp3) is 0.375. The van der Waals surface area contributed by atoms with Gasteiger partial charge in [0.05, 0.1) is 49.2 Å². The fourth-order valence-electron chi connectivity index (χ4n) is 2.36. The number of halogens is 2. The molecule has 0 radical (unpaired) electrons. The molecule has 170 valence electrons. The zero-order chi connectivity index (χ0) is 23.3. The first kappa shape index (κ1) is 24.5. The average molecular weight is 496 g/mol. The van der Waals surface area contributed by atoms with Gasteiger partial charge in [0.15, 0.2) is 5.84 Å². The number of anilines is 1. The second-order valence-electron chi connectivity index (χ2n) is 5.76. The summed E-state index contributed by atoms with van der Waals surface area (Å²) < 4.78 is 40.7. The Hall–Kier alpha value is -2.77. The summed E-state index contributed by atoms with van der Waals surface area (Å²) >= 11 is 12.5. The summed E-state index contributed by atoms with van der Waals surface area (Å²) in [5.74, 6) is -0.347. The van der Waals surface area contributed by atoms with E-state index in [1.54, 1.807) is 6.92 Å². The smallest absolute Gasteiger partial charge is 0.477 e. The Bertz CT molecular complexity index is 1130. The van der Waals surface area contributed by atoms with E-state index in [9.17, 15) is 13.2 Å². The van der Waals surface area contributed by atoms with Gasteiger partial charge < -0.3 is 19.9 Å². The third kappa shape index (κ3) is 5.68. The minimum Gasteiger partial charge on any atom is -0.477 e. The standard InChI is InChI=1S/C16H19Cl2N5O7S/c1-5-29-16(24)30-22-10(19)7-23(31(4,25)26)13-11(18)8(17)6-9-12(13)21-15(28-3)14(20-9)27-2/h6H,5,7H2,1-4H3,(H2,19,22). The molecule has 31 heavy (non-hydrogen) atoms. The van der Waals surface area contributed by atoms with Crippen LogP contribution in [0, 0.1) is 0 Å². The van der Waals surface area contributed by atoms with E-state index in [1.165, 1.54) is 20.3 Å². The molecule has 0 saturated heterocycles. The van der Waals surface area contributed by atoms with Gasteiger partial charge in [0, 0.05) is 0 Å². The first-order chi connectivity index (χ1) is 14.5. The Balaban J connectivity index is 2.66. The van der Waals surface area contributed by atoms with Crippen LogP contribution in [0.15, 0.2) is 11.2 Å². The van der Waals surface area contributed by atoms with Gasteiger partial charge in [-0.1, -0.05) is 28.4 Å². The molecule has 0 atom stereocenters. The third-order valence-corrected chi connectivity index (χ3v) is 5.50. The summed E-state index contributed by atoms with van der Waals surface area (Å²) in [7, 11) is -1.31. The van der Waals surface area contributed by atoms with Crippen LogP contribution < -0.4 is 19.5 Å². The number of rotatable bonds is 8. The van der Waals surface area contributed by atoms with Gasteiger partial charge in [-0.25, -0.2) is 23.2 Å². The van der Waals surface area contributed by atoms with E-state index in [2.05, 4.69) is 24.7 Å². The topological polar surface area (TPSA) is 156 Å². The Morgan fingerprint density at radius 1 is 1.23 bits per heavy atom. The summed E-state index contributed by atoms with van der Waals surface area (Å²) in [4.78, 5) is 24.2. The normalized spacial score (nSPS) is 11.9. The maximum absolute atomic E-state index is 12.6. The summed E-state index contributed by atoms with van der Waals surface area (Å²) in [5.41, 5.74) is 5.82. The highest BCUT2D eigenvalue weighted by atomic mass is 35.5. The number of benzene rings is 1. The van der Waals surface area contributed by atoms with Crippen molar-refractivity contribution in [1.82, 2.24) is 9.97 Å². The lowest BCUT2D eigenvalue weighted by molar-refractivity contribution is 0.0611. The minimum absolute atomic E-state index is 0.00220. The van der Waals surface area contributed by atoms with E-state index in [0.717, 1.165) is 10.6 Å². The van der Waals surface area contributed by atoms with Crippen molar-refractivity contribution in [3.63, 3.8) is 0 Å². The molecule has 2 rings (SSSR count). The van der Waals surface area contributed by atoms with Crippen molar-refractivity contribution in [2.24, 2.45) is 10.9 Å². The molecule has 0 amide bonds. The molecule has 15 heteroatoms. The van der Waals surface area contributed by atoms with Crippen LogP contribution in [-0.4, -0.2) is 64.0 Å². The van der Waals surface area contributed by atoms with E-state index in [0.29, 0.717) is 0 Å². The predicted octanol–water partition coefficient (Wildman–Crippen LogP) is 2.17. The fourth-order valence-corrected chi connectivity index (χ4v) is 3.73. The van der Waals surface area contributed by atoms with Crippen LogP contribution in [-0.2, 0) is 19.6 Å². The SMILES string of the molecule is CCOC(=O)O/N=C(/N)CN(c1c(Cl)c(Cl)cc2nc(OC)c(OC)nc12)S(C)(=O)=O. The van der Waals surface area contributed by atoms with E-state index in [1.807, 2.05) is 0 Å². The highest BCUT2D eigenvalue weighted by Crippen LogP contribution is 2.41. The molecule has 1 aromatic heterocycles. The number of ether oxygens (including phenoxy) is 3. The van der Waals surface area contributed by atoms with Crippen LogP contribution >= 0.6 is 23.2 Å². The maximum Gasteiger partial charge on any atom is 0.535 e. The van der Waals surface area contributed by atoms with Gasteiger partial charge in [0.25, 0.3) is 11.8 Å². The largest absolute Gasteiger partial charge is 0.535 e. The number of amidine groups is 1. The minimum atomic E-state index is -4.01. The quantitative estimate of drug-likeness (QED) is 0.189. The number of hydrogen-bond acceptors (Lipinski definition) is 10. The van der Waals surface area contributed by atoms with Crippen molar-refractivity contribution < 1.29 is 32.3 Å². The molecule has 0 spiro atoms. The zero-order valence-electron chi connectivity index (χ0n) is 16.9. The van der Waals surface area contributed by atoms with Crippen molar-refractivity contribution in [3.8, 4) is 11.8 Å². The van der Waals surface area contributed by atoms with Gasteiger partial charge >= 0.3 is 6.16 Å². The van der Waals surface area contributed by atoms with Gasteiger partial charge in [-0.2, -0.15) is 0 Å². The summed E-state index contributed by atoms with van der Waals surface area (Å²) in [6.07, 6.45) is -0.200. The molecule has 12 nitrogen and oxygen atoms in total. The second kappa shape index (κ2) is 10.0. The second-order valence-corrected chi connectivity index (χ2v) is 8.45. The number of sulfonamides is 1. The van der Waals surface area contributed by atoms with Crippen molar-refractivity contribution in [2.45, 2.75) is 6.92 Å².